The Morgan fingerprint density at radius 2 is 1.86 bits per heavy atom. The van der Waals surface area contributed by atoms with E-state index < -0.39 is 22.2 Å². The van der Waals surface area contributed by atoms with Gasteiger partial charge in [-0.15, -0.1) is 11.3 Å². The van der Waals surface area contributed by atoms with E-state index in [9.17, 15) is 13.2 Å². The Kier molecular flexibility index (Phi) is 6.42. The highest BCUT2D eigenvalue weighted by Gasteiger charge is 2.43. The molecular weight excluding hydrogens is 432 g/mol. The van der Waals surface area contributed by atoms with Gasteiger partial charge in [0.2, 0.25) is 0 Å². The molecule has 2 saturated heterocycles. The van der Waals surface area contributed by atoms with Crippen LogP contribution in [0.1, 0.15) is 38.5 Å². The molecule has 11 heteroatoms. The first-order chi connectivity index (χ1) is 14.0. The van der Waals surface area contributed by atoms with Crippen molar-refractivity contribution in [3.63, 3.8) is 0 Å². The number of nitrogens with zero attached hydrogens (tertiary/aromatic N) is 3. The van der Waals surface area contributed by atoms with E-state index in [1.54, 1.807) is 16.8 Å². The van der Waals surface area contributed by atoms with E-state index in [0.29, 0.717) is 19.4 Å². The molecule has 2 fully saturated rings. The van der Waals surface area contributed by atoms with Crippen molar-refractivity contribution in [2.24, 2.45) is 0 Å². The first-order valence-corrected chi connectivity index (χ1v) is 12.8. The molecule has 2 atom stereocenters. The zero-order chi connectivity index (χ0) is 20.4. The topological polar surface area (TPSA) is 103 Å². The van der Waals surface area contributed by atoms with Crippen LogP contribution in [0.4, 0.5) is 0 Å². The molecule has 8 nitrogen and oxygen atoms in total. The molecule has 29 heavy (non-hydrogen) atoms. The molecule has 2 N–H and O–H groups in total. The number of hydrogen-bond acceptors (Lipinski definition) is 7. The van der Waals surface area contributed by atoms with E-state index in [-0.39, 0.29) is 11.9 Å². The van der Waals surface area contributed by atoms with E-state index >= 15 is 0 Å². The Morgan fingerprint density at radius 3 is 2.62 bits per heavy atom. The van der Waals surface area contributed by atoms with Gasteiger partial charge >= 0.3 is 0 Å². The number of nitrogens with one attached hydrogen (secondary N) is 1. The summed E-state index contributed by atoms with van der Waals surface area (Å²) in [6, 6.07) is 7.01. The average molecular weight is 457 g/mol. The van der Waals surface area contributed by atoms with Crippen molar-refractivity contribution < 1.29 is 18.4 Å². The highest BCUT2D eigenvalue weighted by molar-refractivity contribution is 8.02. The molecule has 0 saturated carbocycles. The summed E-state index contributed by atoms with van der Waals surface area (Å²) in [6.07, 6.45) is 4.36. The number of fused-ring (bicyclic) bond motifs is 1. The third-order valence-electron chi connectivity index (χ3n) is 5.37. The Bertz CT molecular complexity index is 947. The van der Waals surface area contributed by atoms with Crippen molar-refractivity contribution in [3.8, 4) is 0 Å². The molecule has 4 rings (SSSR count). The van der Waals surface area contributed by atoms with E-state index in [1.807, 2.05) is 24.3 Å². The molecule has 0 bridgehead atoms. The number of hydrogen-bond donors (Lipinski definition) is 2. The van der Waals surface area contributed by atoms with Crippen molar-refractivity contribution >= 4 is 49.4 Å². The normalized spacial score (nSPS) is 24.6. The van der Waals surface area contributed by atoms with Crippen molar-refractivity contribution in [2.45, 2.75) is 54.3 Å². The van der Waals surface area contributed by atoms with Gasteiger partial charge in [-0.2, -0.15) is 17.0 Å². The lowest BCUT2D eigenvalue weighted by Crippen LogP contribution is -2.57. The fraction of sp³-hybridized carbons (Fsp3) is 0.556. The van der Waals surface area contributed by atoms with Crippen molar-refractivity contribution in [1.82, 2.24) is 19.1 Å². The van der Waals surface area contributed by atoms with Gasteiger partial charge in [0, 0.05) is 13.1 Å². The highest BCUT2D eigenvalue weighted by atomic mass is 32.2. The first kappa shape index (κ1) is 21.0. The van der Waals surface area contributed by atoms with Crippen LogP contribution in [0.25, 0.3) is 10.2 Å². The van der Waals surface area contributed by atoms with Gasteiger partial charge in [-0.05, 0) is 44.2 Å². The number of thiazole rings is 1. The minimum Gasteiger partial charge on any atom is -0.289 e. The van der Waals surface area contributed by atoms with E-state index in [0.717, 1.165) is 40.2 Å². The largest absolute Gasteiger partial charge is 0.289 e. The number of piperidine rings is 2. The van der Waals surface area contributed by atoms with Crippen LogP contribution >= 0.6 is 23.1 Å². The smallest absolute Gasteiger partial charge is 0.283 e. The van der Waals surface area contributed by atoms with Gasteiger partial charge in [-0.3, -0.25) is 10.0 Å². The quantitative estimate of drug-likeness (QED) is 0.530. The molecular formula is C18H24N4O4S3. The second-order valence-electron chi connectivity index (χ2n) is 7.23. The van der Waals surface area contributed by atoms with Gasteiger partial charge in [-0.25, -0.2) is 10.5 Å². The number of benzene rings is 1. The number of aromatic nitrogens is 1. The lowest BCUT2D eigenvalue weighted by molar-refractivity contribution is -0.134. The fourth-order valence-electron chi connectivity index (χ4n) is 3.93. The minimum absolute atomic E-state index is 0.255. The zero-order valence-electron chi connectivity index (χ0n) is 15.9. The third-order valence-corrected chi connectivity index (χ3v) is 9.99. The molecule has 0 radical (unpaired) electrons. The van der Waals surface area contributed by atoms with Gasteiger partial charge in [0.1, 0.15) is 6.04 Å². The molecule has 1 amide bonds. The maximum Gasteiger partial charge on any atom is 0.283 e. The van der Waals surface area contributed by atoms with Crippen LogP contribution < -0.4 is 5.48 Å². The van der Waals surface area contributed by atoms with Crippen molar-refractivity contribution in [2.75, 3.05) is 13.1 Å². The number of rotatable bonds is 5. The van der Waals surface area contributed by atoms with Gasteiger partial charge < -0.3 is 0 Å². The van der Waals surface area contributed by atoms with Crippen LogP contribution in [-0.4, -0.2) is 57.6 Å². The second kappa shape index (κ2) is 8.86. The lowest BCUT2D eigenvalue weighted by atomic mass is 10.0. The van der Waals surface area contributed by atoms with Gasteiger partial charge in [0.15, 0.2) is 4.34 Å². The van der Waals surface area contributed by atoms with Crippen LogP contribution in [0.5, 0.6) is 0 Å². The summed E-state index contributed by atoms with van der Waals surface area (Å²) < 4.78 is 31.7. The van der Waals surface area contributed by atoms with Gasteiger partial charge in [0.25, 0.3) is 16.1 Å². The molecule has 158 valence electrons. The number of thioether (sulfide) groups is 1. The Labute approximate surface area is 178 Å². The standard InChI is InChI=1S/C18H24N4O4S3/c23-17(20-24)14-8-3-5-11-21(14)29(25,26)22-12-6-4-10-16(22)28-18-19-13-7-1-2-9-15(13)27-18/h1-2,7,9,14,16,24H,3-6,8,10-12H2,(H,20,23). The maximum absolute atomic E-state index is 13.5. The monoisotopic (exact) mass is 456 g/mol. The predicted octanol–water partition coefficient (Wildman–Crippen LogP) is 2.81. The Hall–Kier alpha value is -1.24. The van der Waals surface area contributed by atoms with Crippen molar-refractivity contribution in [3.05, 3.63) is 24.3 Å². The van der Waals surface area contributed by atoms with E-state index in [4.69, 9.17) is 5.21 Å². The summed E-state index contributed by atoms with van der Waals surface area (Å²) in [5.74, 6) is -0.666. The number of carbonyl (C=O) groups is 1. The van der Waals surface area contributed by atoms with E-state index in [2.05, 4.69) is 4.98 Å². The molecule has 2 aliphatic heterocycles. The lowest BCUT2D eigenvalue weighted by Gasteiger charge is -2.40. The summed E-state index contributed by atoms with van der Waals surface area (Å²) >= 11 is 3.05. The SMILES string of the molecule is O=C(NO)C1CCCCN1S(=O)(=O)N1CCCCC1Sc1nc2ccccc2s1. The summed E-state index contributed by atoms with van der Waals surface area (Å²) in [7, 11) is -3.84. The van der Waals surface area contributed by atoms with Gasteiger partial charge in [-0.1, -0.05) is 30.3 Å². The number of hydroxylamine groups is 1. The molecule has 2 unspecified atom stereocenters. The Balaban J connectivity index is 1.59. The molecule has 1 aromatic carbocycles. The molecule has 1 aromatic heterocycles. The third kappa shape index (κ3) is 4.30. The summed E-state index contributed by atoms with van der Waals surface area (Å²) in [5.41, 5.74) is 2.55. The minimum atomic E-state index is -3.84. The molecule has 2 aromatic rings. The molecule has 3 heterocycles. The fourth-order valence-corrected chi connectivity index (χ4v) is 8.68. The average Bonchev–Trinajstić information content (AvgIpc) is 3.15. The number of para-hydroxylation sites is 1. The number of carbonyl (C=O) groups excluding carboxylic acids is 1. The maximum atomic E-state index is 13.5. The molecule has 0 spiro atoms. The predicted molar refractivity (Wildman–Crippen MR) is 113 cm³/mol. The van der Waals surface area contributed by atoms with Crippen LogP contribution in [0, 0.1) is 0 Å². The van der Waals surface area contributed by atoms with Crippen LogP contribution in [-0.2, 0) is 15.0 Å². The van der Waals surface area contributed by atoms with Crippen molar-refractivity contribution in [1.29, 1.82) is 0 Å². The highest BCUT2D eigenvalue weighted by Crippen LogP contribution is 2.39. The molecule has 0 aliphatic carbocycles. The summed E-state index contributed by atoms with van der Waals surface area (Å²) in [4.78, 5) is 16.7. The second-order valence-corrected chi connectivity index (χ2v) is 11.5. The summed E-state index contributed by atoms with van der Waals surface area (Å²) in [6.45, 7) is 0.713. The zero-order valence-corrected chi connectivity index (χ0v) is 18.3. The first-order valence-electron chi connectivity index (χ1n) is 9.75. The van der Waals surface area contributed by atoms with Crippen LogP contribution in [0.3, 0.4) is 0 Å². The summed E-state index contributed by atoms with van der Waals surface area (Å²) in [5, 5.41) is 8.80. The van der Waals surface area contributed by atoms with Crippen LogP contribution in [0.15, 0.2) is 28.6 Å². The van der Waals surface area contributed by atoms with E-state index in [1.165, 1.54) is 20.4 Å². The Morgan fingerprint density at radius 1 is 1.14 bits per heavy atom. The number of amides is 1. The van der Waals surface area contributed by atoms with Gasteiger partial charge in [0.05, 0.1) is 15.6 Å². The van der Waals surface area contributed by atoms with Crippen LogP contribution in [0.2, 0.25) is 0 Å². The molecule has 2 aliphatic rings.